The number of aliphatic hydroxyl groups is 2. The molecule has 3 N–H and O–H groups in total. The van der Waals surface area contributed by atoms with Crippen LogP contribution in [0.15, 0.2) is 48.6 Å². The van der Waals surface area contributed by atoms with Crippen LogP contribution < -0.4 is 5.32 Å². The molecule has 0 rings (SSSR count). The Morgan fingerprint density at radius 2 is 0.850 bits per heavy atom. The Labute approximate surface area is 372 Å². The number of rotatable bonds is 46. The van der Waals surface area contributed by atoms with Crippen molar-refractivity contribution in [1.29, 1.82) is 0 Å². The second-order valence-corrected chi connectivity index (χ2v) is 17.6. The first-order valence-electron chi connectivity index (χ1n) is 25.9. The van der Waals surface area contributed by atoms with E-state index in [1.807, 2.05) is 0 Å². The number of hydrogen-bond acceptors (Lipinski definition) is 5. The molecule has 3 atom stereocenters. The number of allylic oxidation sites excluding steroid dienone is 8. The number of nitrogens with one attached hydrogen (secondary N) is 1. The molecule has 0 aliphatic carbocycles. The summed E-state index contributed by atoms with van der Waals surface area (Å²) >= 11 is 0. The van der Waals surface area contributed by atoms with Gasteiger partial charge in [-0.05, 0) is 89.9 Å². The second kappa shape index (κ2) is 47.9. The highest BCUT2D eigenvalue weighted by molar-refractivity contribution is 5.77. The van der Waals surface area contributed by atoms with Crippen LogP contribution in [0.1, 0.15) is 258 Å². The van der Waals surface area contributed by atoms with E-state index in [2.05, 4.69) is 74.7 Å². The maximum absolute atomic E-state index is 13.2. The zero-order chi connectivity index (χ0) is 43.8. The van der Waals surface area contributed by atoms with Gasteiger partial charge in [-0.2, -0.15) is 0 Å². The first-order valence-corrected chi connectivity index (χ1v) is 25.9. The van der Waals surface area contributed by atoms with Gasteiger partial charge in [0.25, 0.3) is 0 Å². The molecule has 0 radical (unpaired) electrons. The lowest BCUT2D eigenvalue weighted by Crippen LogP contribution is -2.46. The van der Waals surface area contributed by atoms with Gasteiger partial charge in [-0.3, -0.25) is 9.59 Å². The van der Waals surface area contributed by atoms with E-state index in [0.29, 0.717) is 19.3 Å². The maximum atomic E-state index is 13.2. The Balaban J connectivity index is 4.61. The van der Waals surface area contributed by atoms with Gasteiger partial charge in [0.05, 0.1) is 25.2 Å². The average molecular weight is 842 g/mol. The van der Waals surface area contributed by atoms with Crippen molar-refractivity contribution in [3.8, 4) is 0 Å². The summed E-state index contributed by atoms with van der Waals surface area (Å²) in [4.78, 5) is 26.1. The van der Waals surface area contributed by atoms with Crippen molar-refractivity contribution in [3.05, 3.63) is 48.6 Å². The number of unbranched alkanes of at least 4 members (excludes halogenated alkanes) is 26. The van der Waals surface area contributed by atoms with Crippen LogP contribution in [0.4, 0.5) is 0 Å². The van der Waals surface area contributed by atoms with Crippen molar-refractivity contribution in [1.82, 2.24) is 5.32 Å². The third kappa shape index (κ3) is 42.5. The highest BCUT2D eigenvalue weighted by Crippen LogP contribution is 2.17. The normalized spacial score (nSPS) is 13.6. The highest BCUT2D eigenvalue weighted by atomic mass is 16.5. The van der Waals surface area contributed by atoms with Crippen LogP contribution in [-0.2, 0) is 14.3 Å². The molecule has 60 heavy (non-hydrogen) atoms. The molecule has 350 valence electrons. The van der Waals surface area contributed by atoms with Crippen LogP contribution in [0.5, 0.6) is 0 Å². The molecule has 6 heteroatoms. The number of ether oxygens (including phenoxy) is 1. The number of carbonyl (C=O) groups is 2. The van der Waals surface area contributed by atoms with Gasteiger partial charge in [0.15, 0.2) is 0 Å². The zero-order valence-corrected chi connectivity index (χ0v) is 39.8. The van der Waals surface area contributed by atoms with Crippen LogP contribution in [0.3, 0.4) is 0 Å². The largest absolute Gasteiger partial charge is 0.462 e. The first-order chi connectivity index (χ1) is 29.5. The molecule has 0 heterocycles. The lowest BCUT2D eigenvalue weighted by Gasteiger charge is -2.24. The fraction of sp³-hybridized carbons (Fsp3) is 0.815. The van der Waals surface area contributed by atoms with Crippen molar-refractivity contribution in [2.24, 2.45) is 0 Å². The van der Waals surface area contributed by atoms with E-state index in [1.165, 1.54) is 122 Å². The van der Waals surface area contributed by atoms with Crippen LogP contribution in [0.25, 0.3) is 0 Å². The van der Waals surface area contributed by atoms with Crippen LogP contribution in [0.2, 0.25) is 0 Å². The van der Waals surface area contributed by atoms with Gasteiger partial charge in [-0.25, -0.2) is 0 Å². The molecule has 6 nitrogen and oxygen atoms in total. The summed E-state index contributed by atoms with van der Waals surface area (Å²) in [6.07, 6.45) is 57.3. The van der Waals surface area contributed by atoms with Gasteiger partial charge in [-0.1, -0.05) is 204 Å². The number of esters is 1. The van der Waals surface area contributed by atoms with Gasteiger partial charge in [0, 0.05) is 6.42 Å². The Hall–Kier alpha value is -2.18. The summed E-state index contributed by atoms with van der Waals surface area (Å²) in [5.41, 5.74) is 0. The van der Waals surface area contributed by atoms with Crippen molar-refractivity contribution in [2.75, 3.05) is 6.61 Å². The zero-order valence-electron chi connectivity index (χ0n) is 39.8. The lowest BCUT2D eigenvalue weighted by atomic mass is 10.0. The molecule has 1 amide bonds. The lowest BCUT2D eigenvalue weighted by molar-refractivity contribution is -0.151. The van der Waals surface area contributed by atoms with E-state index in [1.54, 1.807) is 0 Å². The Morgan fingerprint density at radius 3 is 1.35 bits per heavy atom. The molecular weight excluding hydrogens is 743 g/mol. The smallest absolute Gasteiger partial charge is 0.306 e. The monoisotopic (exact) mass is 842 g/mol. The Morgan fingerprint density at radius 1 is 0.483 bits per heavy atom. The fourth-order valence-electron chi connectivity index (χ4n) is 7.67. The van der Waals surface area contributed by atoms with E-state index in [0.717, 1.165) is 89.9 Å². The van der Waals surface area contributed by atoms with E-state index >= 15 is 0 Å². The quantitative estimate of drug-likeness (QED) is 0.0322. The third-order valence-corrected chi connectivity index (χ3v) is 11.6. The molecule has 0 fully saturated rings. The number of carbonyl (C=O) groups excluding carboxylic acids is 2. The molecule has 0 aromatic rings. The molecule has 0 spiro atoms. The summed E-state index contributed by atoms with van der Waals surface area (Å²) in [5.74, 6) is -0.503. The Kier molecular flexibility index (Phi) is 46.1. The number of aliphatic hydroxyl groups excluding tert-OH is 2. The molecule has 0 bridgehead atoms. The van der Waals surface area contributed by atoms with Gasteiger partial charge in [-0.15, -0.1) is 0 Å². The first kappa shape index (κ1) is 57.8. The topological polar surface area (TPSA) is 95.9 Å². The molecule has 0 aliphatic rings. The van der Waals surface area contributed by atoms with Crippen LogP contribution in [-0.4, -0.2) is 46.9 Å². The van der Waals surface area contributed by atoms with Crippen molar-refractivity contribution >= 4 is 11.9 Å². The standard InChI is InChI=1S/C54H99NO5/c1-4-7-10-13-16-19-22-24-25-26-27-29-32-35-38-41-44-47-54(59)60-50(45-42-39-36-33-31-28-23-20-17-14-11-8-5-2)48-53(58)55-51(49-56)52(57)46-43-40-37-34-30-21-18-15-12-9-6-3/h16,19-20,23-25,27,29,50-52,56-57H,4-15,17-18,21-22,26,28,30-49H2,1-3H3,(H,55,58)/b19-16-,23-20-,25-24-,29-27-. The Bertz CT molecular complexity index is 1040. The van der Waals surface area contributed by atoms with E-state index in [9.17, 15) is 19.8 Å². The van der Waals surface area contributed by atoms with Gasteiger partial charge >= 0.3 is 5.97 Å². The summed E-state index contributed by atoms with van der Waals surface area (Å²) < 4.78 is 5.92. The molecule has 0 saturated heterocycles. The predicted molar refractivity (Wildman–Crippen MR) is 259 cm³/mol. The molecule has 3 unspecified atom stereocenters. The van der Waals surface area contributed by atoms with Crippen molar-refractivity contribution in [3.63, 3.8) is 0 Å². The SMILES string of the molecule is CCCCC/C=C\C/C=C\C/C=C\CCCCCCC(=O)OC(CCCCCCC/C=C\CCCCCC)CC(=O)NC(CO)C(O)CCCCCCCCCCCCC. The van der Waals surface area contributed by atoms with Gasteiger partial charge < -0.3 is 20.3 Å². The van der Waals surface area contributed by atoms with Gasteiger partial charge in [0.1, 0.15) is 6.10 Å². The molecular formula is C54H99NO5. The number of hydrogen-bond donors (Lipinski definition) is 3. The van der Waals surface area contributed by atoms with Crippen molar-refractivity contribution < 1.29 is 24.5 Å². The summed E-state index contributed by atoms with van der Waals surface area (Å²) in [7, 11) is 0. The highest BCUT2D eigenvalue weighted by Gasteiger charge is 2.24. The fourth-order valence-corrected chi connectivity index (χ4v) is 7.67. The molecule has 0 saturated carbocycles. The average Bonchev–Trinajstić information content (AvgIpc) is 3.24. The van der Waals surface area contributed by atoms with Crippen LogP contribution in [0, 0.1) is 0 Å². The minimum atomic E-state index is -0.792. The summed E-state index contributed by atoms with van der Waals surface area (Å²) in [6, 6.07) is -0.707. The third-order valence-electron chi connectivity index (χ3n) is 11.6. The van der Waals surface area contributed by atoms with Crippen molar-refractivity contribution in [2.45, 2.75) is 277 Å². The van der Waals surface area contributed by atoms with Gasteiger partial charge in [0.2, 0.25) is 5.91 Å². The minimum Gasteiger partial charge on any atom is -0.462 e. The summed E-state index contributed by atoms with van der Waals surface area (Å²) in [5, 5.41) is 23.7. The van der Waals surface area contributed by atoms with E-state index in [4.69, 9.17) is 4.74 Å². The second-order valence-electron chi connectivity index (χ2n) is 17.6. The number of amides is 1. The summed E-state index contributed by atoms with van der Waals surface area (Å²) in [6.45, 7) is 6.43. The predicted octanol–water partition coefficient (Wildman–Crippen LogP) is 15.5. The molecule has 0 aromatic carbocycles. The van der Waals surface area contributed by atoms with Crippen LogP contribution >= 0.6 is 0 Å². The molecule has 0 aliphatic heterocycles. The maximum Gasteiger partial charge on any atom is 0.306 e. The minimum absolute atomic E-state index is 0.0632. The molecule has 0 aromatic heterocycles. The van der Waals surface area contributed by atoms with E-state index < -0.39 is 18.2 Å². The van der Waals surface area contributed by atoms with E-state index in [-0.39, 0.29) is 24.9 Å².